The van der Waals surface area contributed by atoms with Crippen molar-refractivity contribution < 1.29 is 8.42 Å². The summed E-state index contributed by atoms with van der Waals surface area (Å²) in [6.07, 6.45) is 3.21. The number of rotatable bonds is 5. The van der Waals surface area contributed by atoms with E-state index in [9.17, 15) is 8.42 Å². The van der Waals surface area contributed by atoms with Gasteiger partial charge in [-0.15, -0.1) is 11.3 Å². The van der Waals surface area contributed by atoms with Crippen LogP contribution in [0.2, 0.25) is 5.02 Å². The van der Waals surface area contributed by atoms with Crippen LogP contribution in [0.3, 0.4) is 0 Å². The topological polar surface area (TPSA) is 66.4 Å². The molecular formula is C24H21ClN4O2S2. The molecule has 3 heterocycles. The fourth-order valence-electron chi connectivity index (χ4n) is 3.91. The largest absolute Gasteiger partial charge is 0.353 e. The Labute approximate surface area is 201 Å². The molecule has 6 nitrogen and oxygen atoms in total. The van der Waals surface area contributed by atoms with E-state index in [-0.39, 0.29) is 0 Å². The fourth-order valence-corrected chi connectivity index (χ4v) is 6.12. The van der Waals surface area contributed by atoms with Crippen molar-refractivity contribution in [1.29, 1.82) is 0 Å². The minimum Gasteiger partial charge on any atom is -0.353 e. The van der Waals surface area contributed by atoms with Gasteiger partial charge in [-0.1, -0.05) is 54.1 Å². The average Bonchev–Trinajstić information content (AvgIpc) is 3.28. The molecule has 1 aliphatic rings. The Morgan fingerprint density at radius 3 is 2.39 bits per heavy atom. The van der Waals surface area contributed by atoms with Crippen LogP contribution in [0, 0.1) is 0 Å². The van der Waals surface area contributed by atoms with E-state index in [2.05, 4.69) is 20.2 Å². The summed E-state index contributed by atoms with van der Waals surface area (Å²) in [5.74, 6) is 0.836. The SMILES string of the molecule is O=S(=O)(/C=C/c1ccccc1)N1CCN(c2ncnc3scc(-c4ccc(Cl)cc4)c23)CC1. The molecule has 1 aliphatic heterocycles. The van der Waals surface area contributed by atoms with Gasteiger partial charge in [-0.2, -0.15) is 4.31 Å². The molecular weight excluding hydrogens is 476 g/mol. The highest BCUT2D eigenvalue weighted by Crippen LogP contribution is 2.38. The Bertz CT molecular complexity index is 1400. The first-order valence-corrected chi connectivity index (χ1v) is 13.2. The van der Waals surface area contributed by atoms with Crippen LogP contribution in [0.5, 0.6) is 0 Å². The molecule has 0 radical (unpaired) electrons. The average molecular weight is 497 g/mol. The molecule has 0 atom stereocenters. The molecule has 1 saturated heterocycles. The molecule has 0 bridgehead atoms. The highest BCUT2D eigenvalue weighted by molar-refractivity contribution is 7.92. The summed E-state index contributed by atoms with van der Waals surface area (Å²) in [6, 6.07) is 17.2. The van der Waals surface area contributed by atoms with Gasteiger partial charge in [0.2, 0.25) is 10.0 Å². The molecule has 0 amide bonds. The number of piperazine rings is 1. The normalized spacial score (nSPS) is 15.5. The van der Waals surface area contributed by atoms with Crippen LogP contribution in [0.15, 0.2) is 71.7 Å². The lowest BCUT2D eigenvalue weighted by atomic mass is 10.1. The van der Waals surface area contributed by atoms with Crippen LogP contribution in [-0.4, -0.2) is 48.9 Å². The van der Waals surface area contributed by atoms with Crippen LogP contribution < -0.4 is 4.90 Å². The number of benzene rings is 2. The third kappa shape index (κ3) is 4.65. The first kappa shape index (κ1) is 22.0. The maximum Gasteiger partial charge on any atom is 0.236 e. The molecule has 2 aromatic heterocycles. The zero-order valence-corrected chi connectivity index (χ0v) is 20.0. The van der Waals surface area contributed by atoms with Crippen molar-refractivity contribution in [3.8, 4) is 11.1 Å². The standard InChI is InChI=1S/C24H21ClN4O2S2/c25-20-8-6-19(7-9-20)21-16-32-24-22(21)23(26-17-27-24)28-11-13-29(14-12-28)33(30,31)15-10-18-4-2-1-3-5-18/h1-10,15-17H,11-14H2/b15-10+. The number of thiophene rings is 1. The highest BCUT2D eigenvalue weighted by atomic mass is 35.5. The molecule has 33 heavy (non-hydrogen) atoms. The van der Waals surface area contributed by atoms with E-state index in [1.165, 1.54) is 9.71 Å². The van der Waals surface area contributed by atoms with Crippen LogP contribution in [0.25, 0.3) is 27.4 Å². The molecule has 2 aromatic carbocycles. The number of sulfonamides is 1. The number of nitrogens with zero attached hydrogens (tertiary/aromatic N) is 4. The fraction of sp³-hybridized carbons (Fsp3) is 0.167. The summed E-state index contributed by atoms with van der Waals surface area (Å²) >= 11 is 7.64. The number of hydrogen-bond acceptors (Lipinski definition) is 6. The third-order valence-electron chi connectivity index (χ3n) is 5.64. The number of halogens is 1. The van der Waals surface area contributed by atoms with Crippen LogP contribution >= 0.6 is 22.9 Å². The molecule has 168 valence electrons. The Hall–Kier alpha value is -2.78. The van der Waals surface area contributed by atoms with Gasteiger partial charge in [-0.3, -0.25) is 0 Å². The lowest BCUT2D eigenvalue weighted by Gasteiger charge is -2.34. The van der Waals surface area contributed by atoms with Gasteiger partial charge in [0.25, 0.3) is 0 Å². The summed E-state index contributed by atoms with van der Waals surface area (Å²) in [5.41, 5.74) is 2.97. The second kappa shape index (κ2) is 9.23. The monoisotopic (exact) mass is 496 g/mol. The van der Waals surface area contributed by atoms with E-state index in [0.29, 0.717) is 31.2 Å². The summed E-state index contributed by atoms with van der Waals surface area (Å²) < 4.78 is 27.2. The van der Waals surface area contributed by atoms with Gasteiger partial charge >= 0.3 is 0 Å². The maximum absolute atomic E-state index is 12.8. The van der Waals surface area contributed by atoms with Crippen LogP contribution in [0.1, 0.15) is 5.56 Å². The summed E-state index contributed by atoms with van der Waals surface area (Å²) in [7, 11) is -3.49. The van der Waals surface area contributed by atoms with Gasteiger partial charge in [0.05, 0.1) is 5.39 Å². The van der Waals surface area contributed by atoms with Crippen molar-refractivity contribution in [3.05, 3.63) is 82.3 Å². The number of hydrogen-bond donors (Lipinski definition) is 0. The van der Waals surface area contributed by atoms with Crippen molar-refractivity contribution in [2.24, 2.45) is 0 Å². The Balaban J connectivity index is 1.37. The predicted molar refractivity (Wildman–Crippen MR) is 136 cm³/mol. The molecule has 0 unspecified atom stereocenters. The molecule has 1 fully saturated rings. The summed E-state index contributed by atoms with van der Waals surface area (Å²) in [6.45, 7) is 1.90. The summed E-state index contributed by atoms with van der Waals surface area (Å²) in [5, 5.41) is 5.05. The van der Waals surface area contributed by atoms with Gasteiger partial charge in [-0.25, -0.2) is 18.4 Å². The lowest BCUT2D eigenvalue weighted by Crippen LogP contribution is -2.48. The molecule has 9 heteroatoms. The Morgan fingerprint density at radius 1 is 0.939 bits per heavy atom. The van der Waals surface area contributed by atoms with Gasteiger partial charge < -0.3 is 4.90 Å². The second-order valence-electron chi connectivity index (χ2n) is 7.68. The first-order chi connectivity index (χ1) is 16.0. The second-order valence-corrected chi connectivity index (χ2v) is 10.8. The summed E-state index contributed by atoms with van der Waals surface area (Å²) in [4.78, 5) is 12.1. The van der Waals surface area contributed by atoms with E-state index in [1.54, 1.807) is 23.7 Å². The van der Waals surface area contributed by atoms with Crippen molar-refractivity contribution in [2.75, 3.05) is 31.1 Å². The van der Waals surface area contributed by atoms with E-state index < -0.39 is 10.0 Å². The van der Waals surface area contributed by atoms with Gasteiger partial charge in [0.15, 0.2) is 0 Å². The van der Waals surface area contributed by atoms with Gasteiger partial charge in [-0.05, 0) is 29.3 Å². The third-order valence-corrected chi connectivity index (χ3v) is 8.34. The highest BCUT2D eigenvalue weighted by Gasteiger charge is 2.27. The van der Waals surface area contributed by atoms with Crippen molar-refractivity contribution in [3.63, 3.8) is 0 Å². The number of aromatic nitrogens is 2. The van der Waals surface area contributed by atoms with Crippen LogP contribution in [0.4, 0.5) is 5.82 Å². The Kier molecular flexibility index (Phi) is 6.16. The van der Waals surface area contributed by atoms with Crippen molar-refractivity contribution in [1.82, 2.24) is 14.3 Å². The number of fused-ring (bicyclic) bond motifs is 1. The zero-order valence-electron chi connectivity index (χ0n) is 17.6. The Morgan fingerprint density at radius 2 is 1.67 bits per heavy atom. The van der Waals surface area contributed by atoms with Crippen molar-refractivity contribution >= 4 is 55.1 Å². The van der Waals surface area contributed by atoms with Crippen molar-refractivity contribution in [2.45, 2.75) is 0 Å². The molecule has 4 aromatic rings. The van der Waals surface area contributed by atoms with E-state index in [4.69, 9.17) is 11.6 Å². The molecule has 0 aliphatic carbocycles. The number of anilines is 1. The quantitative estimate of drug-likeness (QED) is 0.383. The lowest BCUT2D eigenvalue weighted by molar-refractivity contribution is 0.389. The molecule has 0 saturated carbocycles. The zero-order chi connectivity index (χ0) is 22.8. The van der Waals surface area contributed by atoms with Gasteiger partial charge in [0.1, 0.15) is 17.0 Å². The van der Waals surface area contributed by atoms with Crippen LogP contribution in [-0.2, 0) is 10.0 Å². The van der Waals surface area contributed by atoms with E-state index >= 15 is 0 Å². The molecule has 5 rings (SSSR count). The maximum atomic E-state index is 12.8. The molecule has 0 spiro atoms. The predicted octanol–water partition coefficient (Wildman–Crippen LogP) is 5.13. The smallest absolute Gasteiger partial charge is 0.236 e. The minimum atomic E-state index is -3.49. The minimum absolute atomic E-state index is 0.396. The molecule has 0 N–H and O–H groups in total. The van der Waals surface area contributed by atoms with E-state index in [0.717, 1.165) is 32.7 Å². The van der Waals surface area contributed by atoms with E-state index in [1.807, 2.05) is 54.6 Å². The first-order valence-electron chi connectivity index (χ1n) is 10.5. The van der Waals surface area contributed by atoms with Gasteiger partial charge in [0, 0.05) is 47.6 Å².